The van der Waals surface area contributed by atoms with Crippen LogP contribution in [0.2, 0.25) is 0 Å². The summed E-state index contributed by atoms with van der Waals surface area (Å²) in [6, 6.07) is 16.0. The molecule has 1 aromatic carbocycles. The van der Waals surface area contributed by atoms with Crippen molar-refractivity contribution in [3.63, 3.8) is 0 Å². The Hall–Kier alpha value is -4.07. The Morgan fingerprint density at radius 3 is 2.71 bits per heavy atom. The molecule has 1 N–H and O–H groups in total. The maximum atomic E-state index is 4.59. The number of nitrogens with zero attached hydrogens (tertiary/aromatic N) is 7. The lowest BCUT2D eigenvalue weighted by molar-refractivity contribution is 0.922. The number of benzene rings is 1. The van der Waals surface area contributed by atoms with Crippen molar-refractivity contribution in [3.05, 3.63) is 85.3 Å². The first-order chi connectivity index (χ1) is 13.9. The lowest BCUT2D eigenvalue weighted by atomic mass is 10.1. The molecular formula is C20H16N8. The number of fused-ring (bicyclic) bond motifs is 1. The predicted octanol–water partition coefficient (Wildman–Crippen LogP) is 2.98. The van der Waals surface area contributed by atoms with Crippen molar-refractivity contribution in [2.24, 2.45) is 0 Å². The highest BCUT2D eigenvalue weighted by molar-refractivity contribution is 5.65. The summed E-state index contributed by atoms with van der Waals surface area (Å²) in [6.45, 7) is 0.602. The van der Waals surface area contributed by atoms with E-state index in [1.165, 1.54) is 6.33 Å². The van der Waals surface area contributed by atoms with E-state index in [-0.39, 0.29) is 0 Å². The zero-order valence-electron chi connectivity index (χ0n) is 14.8. The minimum atomic E-state index is 0.553. The quantitative estimate of drug-likeness (QED) is 0.513. The molecule has 0 atom stereocenters. The minimum Gasteiger partial charge on any atom is -0.366 e. The van der Waals surface area contributed by atoms with Crippen LogP contribution in [0, 0.1) is 0 Å². The molecule has 0 fully saturated rings. The van der Waals surface area contributed by atoms with E-state index in [1.807, 2.05) is 65.5 Å². The third-order valence-corrected chi connectivity index (χ3v) is 4.37. The Labute approximate surface area is 160 Å². The molecular weight excluding hydrogens is 352 g/mol. The van der Waals surface area contributed by atoms with E-state index in [0.29, 0.717) is 12.3 Å². The van der Waals surface area contributed by atoms with Crippen molar-refractivity contribution in [1.29, 1.82) is 0 Å². The lowest BCUT2D eigenvalue weighted by Gasteiger charge is -2.10. The second-order valence-corrected chi connectivity index (χ2v) is 6.21. The van der Waals surface area contributed by atoms with Crippen LogP contribution in [0.4, 0.5) is 5.82 Å². The molecule has 8 nitrogen and oxygen atoms in total. The molecule has 136 valence electrons. The molecule has 0 amide bonds. The molecule has 0 aliphatic heterocycles. The largest absolute Gasteiger partial charge is 0.366 e. The van der Waals surface area contributed by atoms with E-state index < -0.39 is 0 Å². The van der Waals surface area contributed by atoms with Gasteiger partial charge in [0.05, 0.1) is 5.69 Å². The van der Waals surface area contributed by atoms with Gasteiger partial charge in [-0.15, -0.1) is 0 Å². The van der Waals surface area contributed by atoms with Crippen LogP contribution >= 0.6 is 0 Å². The monoisotopic (exact) mass is 368 g/mol. The molecule has 0 radical (unpaired) electrons. The van der Waals surface area contributed by atoms with Gasteiger partial charge in [0.15, 0.2) is 0 Å². The second kappa shape index (κ2) is 6.92. The zero-order chi connectivity index (χ0) is 18.8. The molecule has 5 rings (SSSR count). The van der Waals surface area contributed by atoms with Crippen molar-refractivity contribution in [3.8, 4) is 17.1 Å². The smallest absolute Gasteiger partial charge is 0.254 e. The molecule has 0 unspecified atom stereocenters. The van der Waals surface area contributed by atoms with Gasteiger partial charge in [0.2, 0.25) is 0 Å². The number of hydrogen-bond donors (Lipinski definition) is 1. The van der Waals surface area contributed by atoms with Gasteiger partial charge in [-0.05, 0) is 11.6 Å². The Morgan fingerprint density at radius 2 is 1.93 bits per heavy atom. The van der Waals surface area contributed by atoms with Gasteiger partial charge in [-0.2, -0.15) is 14.6 Å². The summed E-state index contributed by atoms with van der Waals surface area (Å²) in [7, 11) is 0. The summed E-state index contributed by atoms with van der Waals surface area (Å²) in [5.41, 5.74) is 2.93. The fourth-order valence-electron chi connectivity index (χ4n) is 2.96. The SMILES string of the molecule is c1ccc(-c2cc(NCc3ccc(-n4ccnc4)nc3)n3ncnc3n2)cc1. The topological polar surface area (TPSA) is 85.8 Å². The van der Waals surface area contributed by atoms with Gasteiger partial charge in [0.1, 0.15) is 24.3 Å². The van der Waals surface area contributed by atoms with E-state index >= 15 is 0 Å². The zero-order valence-corrected chi connectivity index (χ0v) is 14.8. The van der Waals surface area contributed by atoms with Gasteiger partial charge in [0.25, 0.3) is 5.78 Å². The fraction of sp³-hybridized carbons (Fsp3) is 0.0500. The highest BCUT2D eigenvalue weighted by Crippen LogP contribution is 2.21. The number of imidazole rings is 1. The minimum absolute atomic E-state index is 0.553. The number of pyridine rings is 1. The summed E-state index contributed by atoms with van der Waals surface area (Å²) in [6.07, 6.45) is 8.67. The van der Waals surface area contributed by atoms with Gasteiger partial charge >= 0.3 is 0 Å². The van der Waals surface area contributed by atoms with Crippen LogP contribution in [0.25, 0.3) is 22.9 Å². The molecule has 5 aromatic rings. The highest BCUT2D eigenvalue weighted by Gasteiger charge is 2.09. The lowest BCUT2D eigenvalue weighted by Crippen LogP contribution is -2.07. The van der Waals surface area contributed by atoms with Crippen LogP contribution in [-0.4, -0.2) is 34.1 Å². The predicted molar refractivity (Wildman–Crippen MR) is 105 cm³/mol. The third kappa shape index (κ3) is 3.07. The molecule has 28 heavy (non-hydrogen) atoms. The highest BCUT2D eigenvalue weighted by atomic mass is 15.3. The van der Waals surface area contributed by atoms with E-state index in [4.69, 9.17) is 0 Å². The van der Waals surface area contributed by atoms with Crippen molar-refractivity contribution < 1.29 is 0 Å². The average molecular weight is 368 g/mol. The molecule has 0 bridgehead atoms. The molecule has 0 aliphatic carbocycles. The maximum Gasteiger partial charge on any atom is 0.254 e. The Balaban J connectivity index is 1.41. The van der Waals surface area contributed by atoms with Crippen molar-refractivity contribution in [2.45, 2.75) is 6.54 Å². The van der Waals surface area contributed by atoms with Crippen molar-refractivity contribution in [1.82, 2.24) is 34.1 Å². The summed E-state index contributed by atoms with van der Waals surface area (Å²) >= 11 is 0. The van der Waals surface area contributed by atoms with Gasteiger partial charge in [-0.1, -0.05) is 36.4 Å². The first kappa shape index (κ1) is 16.1. The molecule has 8 heteroatoms. The number of rotatable bonds is 5. The van der Waals surface area contributed by atoms with Gasteiger partial charge < -0.3 is 5.32 Å². The first-order valence-electron chi connectivity index (χ1n) is 8.80. The summed E-state index contributed by atoms with van der Waals surface area (Å²) in [4.78, 5) is 17.4. The van der Waals surface area contributed by atoms with E-state index in [0.717, 1.165) is 28.5 Å². The van der Waals surface area contributed by atoms with Crippen LogP contribution in [0.15, 0.2) is 79.8 Å². The van der Waals surface area contributed by atoms with Crippen LogP contribution in [-0.2, 0) is 6.54 Å². The molecule has 0 spiro atoms. The maximum absolute atomic E-state index is 4.59. The van der Waals surface area contributed by atoms with Crippen LogP contribution < -0.4 is 5.32 Å². The Kier molecular flexibility index (Phi) is 3.98. The Bertz CT molecular complexity index is 1190. The average Bonchev–Trinajstić information content (AvgIpc) is 3.45. The van der Waals surface area contributed by atoms with Crippen molar-refractivity contribution >= 4 is 11.6 Å². The van der Waals surface area contributed by atoms with Crippen LogP contribution in [0.5, 0.6) is 0 Å². The molecule has 0 aliphatic rings. The summed E-state index contributed by atoms with van der Waals surface area (Å²) < 4.78 is 3.56. The number of aromatic nitrogens is 7. The van der Waals surface area contributed by atoms with Crippen LogP contribution in [0.1, 0.15) is 5.56 Å². The van der Waals surface area contributed by atoms with Gasteiger partial charge in [-0.25, -0.2) is 15.0 Å². The van der Waals surface area contributed by atoms with Gasteiger partial charge in [0, 0.05) is 36.8 Å². The van der Waals surface area contributed by atoms with E-state index in [2.05, 4.69) is 30.4 Å². The second-order valence-electron chi connectivity index (χ2n) is 6.21. The molecule has 4 heterocycles. The van der Waals surface area contributed by atoms with Crippen molar-refractivity contribution in [2.75, 3.05) is 5.32 Å². The van der Waals surface area contributed by atoms with E-state index in [1.54, 1.807) is 17.0 Å². The number of nitrogens with one attached hydrogen (secondary N) is 1. The van der Waals surface area contributed by atoms with Gasteiger partial charge in [-0.3, -0.25) is 4.57 Å². The molecule has 0 saturated carbocycles. The summed E-state index contributed by atoms with van der Waals surface area (Å²) in [5.74, 6) is 2.20. The standard InChI is InChI=1S/C20H16N8/c1-2-4-16(5-3-1)17-10-19(28-20(26-17)24-13-25-28)23-12-15-6-7-18(22-11-15)27-9-8-21-14-27/h1-11,13-14,23H,12H2. The Morgan fingerprint density at radius 1 is 1.00 bits per heavy atom. The third-order valence-electron chi connectivity index (χ3n) is 4.37. The molecule has 4 aromatic heterocycles. The number of hydrogen-bond acceptors (Lipinski definition) is 6. The number of anilines is 1. The molecule has 0 saturated heterocycles. The normalized spacial score (nSPS) is 11.0. The summed E-state index contributed by atoms with van der Waals surface area (Å²) in [5, 5.41) is 7.68. The van der Waals surface area contributed by atoms with E-state index in [9.17, 15) is 0 Å². The van der Waals surface area contributed by atoms with Crippen LogP contribution in [0.3, 0.4) is 0 Å². The first-order valence-corrected chi connectivity index (χ1v) is 8.80. The fourth-order valence-corrected chi connectivity index (χ4v) is 2.96.